The summed E-state index contributed by atoms with van der Waals surface area (Å²) >= 11 is 6.19. The molecule has 0 bridgehead atoms. The van der Waals surface area contributed by atoms with Crippen LogP contribution in [0.4, 0.5) is 5.69 Å². The highest BCUT2D eigenvalue weighted by molar-refractivity contribution is 6.31. The topological polar surface area (TPSA) is 126 Å². The Balaban J connectivity index is 1.72. The van der Waals surface area contributed by atoms with E-state index in [0.717, 1.165) is 18.4 Å². The third-order valence-electron chi connectivity index (χ3n) is 5.77. The number of carboxylic acids is 1. The van der Waals surface area contributed by atoms with Gasteiger partial charge in [0.2, 0.25) is 0 Å². The molecule has 0 spiro atoms. The monoisotopic (exact) mass is 486 g/mol. The molecule has 1 aliphatic rings. The lowest BCUT2D eigenvalue weighted by molar-refractivity contribution is -0.136. The van der Waals surface area contributed by atoms with Crippen molar-refractivity contribution >= 4 is 34.9 Å². The number of anilines is 1. The van der Waals surface area contributed by atoms with E-state index < -0.39 is 5.97 Å². The minimum absolute atomic E-state index is 0.183. The van der Waals surface area contributed by atoms with Crippen LogP contribution in [-0.2, 0) is 21.0 Å². The summed E-state index contributed by atoms with van der Waals surface area (Å²) in [5.74, 6) is -0.632. The molecule has 1 fully saturated rings. The number of carboxylic acid groups (broad SMARTS) is 1. The number of carbonyl (C=O) groups excluding carboxylic acids is 1. The summed E-state index contributed by atoms with van der Waals surface area (Å²) in [6, 6.07) is 12.5. The Kier molecular flexibility index (Phi) is 9.73. The molecule has 0 unspecified atom stereocenters. The average Bonchev–Trinajstić information content (AvgIpc) is 2.82. The highest BCUT2D eigenvalue weighted by Gasteiger charge is 2.15. The van der Waals surface area contributed by atoms with Gasteiger partial charge in [-0.15, -0.1) is 0 Å². The number of carbonyl (C=O) groups is 2. The van der Waals surface area contributed by atoms with E-state index in [0.29, 0.717) is 40.0 Å². The molecule has 9 heteroatoms. The maximum Gasteiger partial charge on any atom is 0.317 e. The molecule has 0 aliphatic heterocycles. The number of oxime groups is 1. The van der Waals surface area contributed by atoms with Crippen molar-refractivity contribution in [1.82, 2.24) is 10.6 Å². The third kappa shape index (κ3) is 8.04. The first-order chi connectivity index (χ1) is 16.4. The normalized spacial score (nSPS) is 14.6. The zero-order valence-electron chi connectivity index (χ0n) is 19.1. The van der Waals surface area contributed by atoms with Crippen LogP contribution in [0.25, 0.3) is 0 Å². The molecule has 1 aliphatic carbocycles. The smallest absolute Gasteiger partial charge is 0.317 e. The molecule has 2 aromatic rings. The van der Waals surface area contributed by atoms with Crippen molar-refractivity contribution in [2.24, 2.45) is 11.1 Å². The predicted octanol–water partition coefficient (Wildman–Crippen LogP) is 3.56. The van der Waals surface area contributed by atoms with Crippen LogP contribution in [0.3, 0.4) is 0 Å². The van der Waals surface area contributed by atoms with Gasteiger partial charge in [-0.2, -0.15) is 0 Å². The summed E-state index contributed by atoms with van der Waals surface area (Å²) in [6.45, 7) is 0.563. The number of nitrogens with zero attached hydrogens (tertiary/aromatic N) is 1. The van der Waals surface area contributed by atoms with Crippen LogP contribution in [-0.4, -0.2) is 42.4 Å². The van der Waals surface area contributed by atoms with Gasteiger partial charge in [0, 0.05) is 34.9 Å². The Morgan fingerprint density at radius 1 is 1.12 bits per heavy atom. The van der Waals surface area contributed by atoms with Crippen molar-refractivity contribution in [2.75, 3.05) is 25.4 Å². The van der Waals surface area contributed by atoms with E-state index in [9.17, 15) is 9.59 Å². The van der Waals surface area contributed by atoms with E-state index in [1.54, 1.807) is 30.3 Å². The molecule has 0 atom stereocenters. The van der Waals surface area contributed by atoms with Crippen LogP contribution in [0.2, 0.25) is 5.02 Å². The minimum Gasteiger partial charge on any atom is -0.480 e. The standard InChI is InChI=1S/C25H31ClN4O4/c26-21-8-4-7-18(12-21)25(19-9-10-22(27)20(11-19)14-28-15-24(32)33)30-34-16-23(31)29-13-17-5-2-1-3-6-17/h4,7-12,17,28H,1-3,5-6,13-16,27H2,(H,29,31)(H,32,33)/b30-25-. The number of nitrogens with two attached hydrogens (primary N) is 1. The fourth-order valence-electron chi connectivity index (χ4n) is 3.97. The Morgan fingerprint density at radius 2 is 1.88 bits per heavy atom. The van der Waals surface area contributed by atoms with Crippen LogP contribution >= 0.6 is 11.6 Å². The quantitative estimate of drug-likeness (QED) is 0.218. The van der Waals surface area contributed by atoms with Gasteiger partial charge in [-0.25, -0.2) is 0 Å². The van der Waals surface area contributed by atoms with Crippen LogP contribution in [0.15, 0.2) is 47.6 Å². The van der Waals surface area contributed by atoms with E-state index in [1.807, 2.05) is 12.1 Å². The number of halogens is 1. The molecule has 34 heavy (non-hydrogen) atoms. The summed E-state index contributed by atoms with van der Waals surface area (Å²) in [6.07, 6.45) is 6.02. The fourth-order valence-corrected chi connectivity index (χ4v) is 4.16. The molecule has 0 heterocycles. The van der Waals surface area contributed by atoms with E-state index in [-0.39, 0.29) is 25.6 Å². The number of aliphatic carboxylic acids is 1. The highest BCUT2D eigenvalue weighted by atomic mass is 35.5. The van der Waals surface area contributed by atoms with Crippen molar-refractivity contribution in [3.8, 4) is 0 Å². The fraction of sp³-hybridized carbons (Fsp3) is 0.400. The lowest BCUT2D eigenvalue weighted by Gasteiger charge is -2.21. The van der Waals surface area contributed by atoms with Crippen LogP contribution in [0, 0.1) is 5.92 Å². The third-order valence-corrected chi connectivity index (χ3v) is 6.01. The van der Waals surface area contributed by atoms with Crippen LogP contribution < -0.4 is 16.4 Å². The van der Waals surface area contributed by atoms with Gasteiger partial charge in [-0.1, -0.05) is 54.2 Å². The van der Waals surface area contributed by atoms with E-state index in [1.165, 1.54) is 19.3 Å². The number of nitrogen functional groups attached to an aromatic ring is 1. The SMILES string of the molecule is Nc1ccc(/C(=N\OCC(=O)NCC2CCCCC2)c2cccc(Cl)c2)cc1CNCC(=O)O. The van der Waals surface area contributed by atoms with E-state index >= 15 is 0 Å². The van der Waals surface area contributed by atoms with Crippen molar-refractivity contribution in [1.29, 1.82) is 0 Å². The van der Waals surface area contributed by atoms with Gasteiger partial charge in [-0.05, 0) is 48.6 Å². The zero-order valence-corrected chi connectivity index (χ0v) is 19.8. The number of hydrogen-bond donors (Lipinski definition) is 4. The Bertz CT molecular complexity index is 1020. The van der Waals surface area contributed by atoms with Crippen molar-refractivity contribution in [3.63, 3.8) is 0 Å². The number of amides is 1. The molecule has 1 saturated carbocycles. The van der Waals surface area contributed by atoms with E-state index in [4.69, 9.17) is 27.3 Å². The maximum absolute atomic E-state index is 12.3. The largest absolute Gasteiger partial charge is 0.480 e. The van der Waals surface area contributed by atoms with Gasteiger partial charge >= 0.3 is 5.97 Å². The molecule has 1 amide bonds. The number of rotatable bonds is 11. The minimum atomic E-state index is -0.953. The first kappa shape index (κ1) is 25.5. The van der Waals surface area contributed by atoms with Gasteiger partial charge < -0.3 is 26.3 Å². The summed E-state index contributed by atoms with van der Waals surface area (Å²) in [5.41, 5.74) is 9.22. The van der Waals surface area contributed by atoms with Gasteiger partial charge in [0.1, 0.15) is 5.71 Å². The summed E-state index contributed by atoms with van der Waals surface area (Å²) in [4.78, 5) is 28.5. The summed E-state index contributed by atoms with van der Waals surface area (Å²) in [7, 11) is 0. The van der Waals surface area contributed by atoms with Gasteiger partial charge in [0.15, 0.2) is 6.61 Å². The van der Waals surface area contributed by atoms with Crippen LogP contribution in [0.1, 0.15) is 48.8 Å². The Hall–Kier alpha value is -3.10. The number of nitrogens with one attached hydrogen (secondary N) is 2. The Morgan fingerprint density at radius 3 is 2.62 bits per heavy atom. The highest BCUT2D eigenvalue weighted by Crippen LogP contribution is 2.23. The van der Waals surface area contributed by atoms with Gasteiger partial charge in [0.25, 0.3) is 5.91 Å². The predicted molar refractivity (Wildman–Crippen MR) is 133 cm³/mol. The second-order valence-electron chi connectivity index (χ2n) is 8.44. The molecule has 3 rings (SSSR count). The molecular formula is C25H31ClN4O4. The van der Waals surface area contributed by atoms with Gasteiger partial charge in [0.05, 0.1) is 6.54 Å². The van der Waals surface area contributed by atoms with E-state index in [2.05, 4.69) is 15.8 Å². The first-order valence-electron chi connectivity index (χ1n) is 11.5. The number of hydrogen-bond acceptors (Lipinski definition) is 6. The summed E-state index contributed by atoms with van der Waals surface area (Å²) < 4.78 is 0. The Labute approximate surface area is 204 Å². The lowest BCUT2D eigenvalue weighted by Crippen LogP contribution is -2.32. The molecule has 0 saturated heterocycles. The first-order valence-corrected chi connectivity index (χ1v) is 11.8. The van der Waals surface area contributed by atoms with Crippen LogP contribution in [0.5, 0.6) is 0 Å². The molecule has 0 radical (unpaired) electrons. The molecular weight excluding hydrogens is 456 g/mol. The second-order valence-corrected chi connectivity index (χ2v) is 8.88. The van der Waals surface area contributed by atoms with Crippen molar-refractivity contribution < 1.29 is 19.5 Å². The number of benzene rings is 2. The molecule has 182 valence electrons. The lowest BCUT2D eigenvalue weighted by atomic mass is 9.89. The molecule has 0 aromatic heterocycles. The van der Waals surface area contributed by atoms with Crippen molar-refractivity contribution in [2.45, 2.75) is 38.6 Å². The second kappa shape index (κ2) is 13.0. The average molecular weight is 487 g/mol. The maximum atomic E-state index is 12.3. The molecule has 5 N–H and O–H groups in total. The van der Waals surface area contributed by atoms with Gasteiger partial charge in [-0.3, -0.25) is 9.59 Å². The molecule has 2 aromatic carbocycles. The molecule has 8 nitrogen and oxygen atoms in total. The van der Waals surface area contributed by atoms with Crippen molar-refractivity contribution in [3.05, 3.63) is 64.2 Å². The summed E-state index contributed by atoms with van der Waals surface area (Å²) in [5, 5.41) is 19.4. The zero-order chi connectivity index (χ0) is 24.3.